The van der Waals surface area contributed by atoms with Crippen LogP contribution in [0, 0.1) is 0 Å². The smallest absolute Gasteiger partial charge is 0.0923 e. The van der Waals surface area contributed by atoms with Crippen molar-refractivity contribution in [1.82, 2.24) is 9.88 Å². The highest BCUT2D eigenvalue weighted by atomic mass is 15.2. The maximum Gasteiger partial charge on any atom is 0.0923 e. The Balaban J connectivity index is 0.00000100. The van der Waals surface area contributed by atoms with Crippen LogP contribution < -0.4 is 10.6 Å². The van der Waals surface area contributed by atoms with Gasteiger partial charge in [0.1, 0.15) is 0 Å². The van der Waals surface area contributed by atoms with E-state index in [-0.39, 0.29) is 0 Å². The quantitative estimate of drug-likeness (QED) is 0.838. The third-order valence-corrected chi connectivity index (χ3v) is 4.75. The molecule has 2 nitrogen and oxygen atoms in total. The molecule has 0 aromatic carbocycles. The molecule has 2 heteroatoms. The maximum absolute atomic E-state index is 4.87. The lowest BCUT2D eigenvalue weighted by Crippen LogP contribution is -2.37. The molecule has 2 heterocycles. The molecule has 1 aliphatic carbocycles. The van der Waals surface area contributed by atoms with Gasteiger partial charge in [0.15, 0.2) is 0 Å². The van der Waals surface area contributed by atoms with E-state index in [1.54, 1.807) is 0 Å². The minimum Gasteiger partial charge on any atom is -0.366 e. The van der Waals surface area contributed by atoms with Gasteiger partial charge in [-0.1, -0.05) is 45.2 Å². The summed E-state index contributed by atoms with van der Waals surface area (Å²) in [5.74, 6) is 0. The molecule has 0 saturated heterocycles. The van der Waals surface area contributed by atoms with E-state index in [1.807, 2.05) is 19.9 Å². The topological polar surface area (TPSA) is 16.1 Å². The van der Waals surface area contributed by atoms with Gasteiger partial charge in [0.25, 0.3) is 0 Å². The molecule has 1 aromatic heterocycles. The second-order valence-corrected chi connectivity index (χ2v) is 6.15. The first-order valence-corrected chi connectivity index (χ1v) is 9.06. The summed E-state index contributed by atoms with van der Waals surface area (Å²) in [7, 11) is 0. The molecule has 0 atom stereocenters. The molecule has 0 amide bonds. The van der Waals surface area contributed by atoms with Gasteiger partial charge in [0, 0.05) is 23.9 Å². The third kappa shape index (κ3) is 2.98. The third-order valence-electron chi connectivity index (χ3n) is 4.75. The summed E-state index contributed by atoms with van der Waals surface area (Å²) in [6, 6.07) is 0. The zero-order valence-corrected chi connectivity index (χ0v) is 15.7. The van der Waals surface area contributed by atoms with Crippen molar-refractivity contribution in [3.8, 4) is 0 Å². The first-order chi connectivity index (χ1) is 11.6. The van der Waals surface area contributed by atoms with Gasteiger partial charge in [-0.05, 0) is 50.3 Å². The Morgan fingerprint density at radius 1 is 1.25 bits per heavy atom. The van der Waals surface area contributed by atoms with Gasteiger partial charge in [0.05, 0.1) is 16.7 Å². The number of allylic oxidation sites excluding steroid dienone is 3. The van der Waals surface area contributed by atoms with E-state index in [2.05, 4.69) is 44.6 Å². The van der Waals surface area contributed by atoms with E-state index in [0.717, 1.165) is 42.5 Å². The van der Waals surface area contributed by atoms with Crippen molar-refractivity contribution < 1.29 is 0 Å². The van der Waals surface area contributed by atoms with Gasteiger partial charge in [-0.3, -0.25) is 0 Å². The van der Waals surface area contributed by atoms with E-state index in [1.165, 1.54) is 34.0 Å². The van der Waals surface area contributed by atoms with Crippen LogP contribution in [0.5, 0.6) is 0 Å². The minimum absolute atomic E-state index is 0.902. The summed E-state index contributed by atoms with van der Waals surface area (Å²) in [6.45, 7) is 22.5. The average molecular weight is 322 g/mol. The number of hydrogen-bond donors (Lipinski definition) is 0. The molecule has 0 radical (unpaired) electrons. The van der Waals surface area contributed by atoms with Crippen LogP contribution in [0.2, 0.25) is 0 Å². The molecule has 3 rings (SSSR count). The van der Waals surface area contributed by atoms with E-state index in [9.17, 15) is 0 Å². The van der Waals surface area contributed by atoms with E-state index in [0.29, 0.717) is 0 Å². The zero-order valence-electron chi connectivity index (χ0n) is 15.7. The lowest BCUT2D eigenvalue weighted by molar-refractivity contribution is 0.431. The Morgan fingerprint density at radius 2 is 1.96 bits per heavy atom. The predicted octanol–water partition coefficient (Wildman–Crippen LogP) is 3.94. The highest BCUT2D eigenvalue weighted by molar-refractivity contribution is 5.72. The SMILES string of the molecule is C=C/C=C1/c2nc(=C)c3c(c2CN1CC)CCCC=3C(=C)C.CC. The fourth-order valence-corrected chi connectivity index (χ4v) is 3.74. The van der Waals surface area contributed by atoms with Crippen molar-refractivity contribution in [2.24, 2.45) is 0 Å². The van der Waals surface area contributed by atoms with Crippen molar-refractivity contribution in [2.75, 3.05) is 6.54 Å². The first kappa shape index (κ1) is 18.3. The molecule has 128 valence electrons. The number of nitrogens with zero attached hydrogens (tertiary/aromatic N) is 2. The van der Waals surface area contributed by atoms with Gasteiger partial charge < -0.3 is 4.90 Å². The molecule has 0 fully saturated rings. The number of hydrogen-bond acceptors (Lipinski definition) is 2. The van der Waals surface area contributed by atoms with Crippen LogP contribution in [0.1, 0.15) is 57.4 Å². The number of fused-ring (bicyclic) bond motifs is 3. The zero-order chi connectivity index (χ0) is 17.9. The summed E-state index contributed by atoms with van der Waals surface area (Å²) in [5, 5.41) is 2.17. The van der Waals surface area contributed by atoms with Crippen molar-refractivity contribution in [1.29, 1.82) is 0 Å². The summed E-state index contributed by atoms with van der Waals surface area (Å²) in [4.78, 5) is 7.24. The van der Waals surface area contributed by atoms with Gasteiger partial charge in [-0.25, -0.2) is 4.98 Å². The van der Waals surface area contributed by atoms with Crippen molar-refractivity contribution in [2.45, 2.75) is 53.5 Å². The summed E-state index contributed by atoms with van der Waals surface area (Å²) < 4.78 is 0. The second-order valence-electron chi connectivity index (χ2n) is 6.15. The Labute approximate surface area is 146 Å². The molecule has 0 bridgehead atoms. The van der Waals surface area contributed by atoms with Crippen LogP contribution in [0.25, 0.3) is 17.8 Å². The van der Waals surface area contributed by atoms with Crippen molar-refractivity contribution in [3.05, 3.63) is 58.3 Å². The van der Waals surface area contributed by atoms with Gasteiger partial charge >= 0.3 is 0 Å². The average Bonchev–Trinajstić information content (AvgIpc) is 2.94. The molecule has 0 unspecified atom stereocenters. The minimum atomic E-state index is 0.902. The molecule has 0 spiro atoms. The van der Waals surface area contributed by atoms with Crippen LogP contribution in [0.4, 0.5) is 0 Å². The van der Waals surface area contributed by atoms with Crippen LogP contribution in [0.3, 0.4) is 0 Å². The number of aromatic nitrogens is 1. The molecule has 24 heavy (non-hydrogen) atoms. The molecule has 1 aromatic rings. The monoisotopic (exact) mass is 322 g/mol. The highest BCUT2D eigenvalue weighted by Gasteiger charge is 2.28. The van der Waals surface area contributed by atoms with Gasteiger partial charge in [0.2, 0.25) is 0 Å². The number of pyridine rings is 1. The molecule has 0 N–H and O–H groups in total. The highest BCUT2D eigenvalue weighted by Crippen LogP contribution is 2.33. The van der Waals surface area contributed by atoms with Gasteiger partial charge in [-0.15, -0.1) is 0 Å². The molecule has 1 aliphatic heterocycles. The van der Waals surface area contributed by atoms with Crippen LogP contribution in [-0.2, 0) is 13.0 Å². The fourth-order valence-electron chi connectivity index (χ4n) is 3.74. The first-order valence-electron chi connectivity index (χ1n) is 9.06. The van der Waals surface area contributed by atoms with Crippen molar-refractivity contribution in [3.63, 3.8) is 0 Å². The van der Waals surface area contributed by atoms with Crippen LogP contribution in [-0.4, -0.2) is 16.4 Å². The summed E-state index contributed by atoms with van der Waals surface area (Å²) in [6.07, 6.45) is 7.33. The molecular formula is C22H30N2. The van der Waals surface area contributed by atoms with E-state index < -0.39 is 0 Å². The normalized spacial score (nSPS) is 17.1. The Bertz CT molecular complexity index is 796. The maximum atomic E-state index is 4.87. The lowest BCUT2D eigenvalue weighted by Gasteiger charge is -2.19. The Morgan fingerprint density at radius 3 is 2.54 bits per heavy atom. The largest absolute Gasteiger partial charge is 0.366 e. The fraction of sp³-hybridized carbons (Fsp3) is 0.409. The summed E-state index contributed by atoms with van der Waals surface area (Å²) >= 11 is 0. The van der Waals surface area contributed by atoms with E-state index in [4.69, 9.17) is 4.98 Å². The lowest BCUT2D eigenvalue weighted by atomic mass is 9.87. The standard InChI is InChI=1S/C20H24N2.C2H6/c1-6-9-18-20-17(12-22(18)7-2)16-11-8-10-15(13(3)4)19(16)14(5)21-20;1-2/h6,9H,1,3,5,7-8,10-12H2,2,4H3;1-2H3/b18-9-;. The molecular weight excluding hydrogens is 292 g/mol. The Kier molecular flexibility index (Phi) is 5.82. The number of rotatable bonds is 3. The molecule has 2 aliphatic rings. The predicted molar refractivity (Wildman–Crippen MR) is 106 cm³/mol. The molecule has 0 saturated carbocycles. The van der Waals surface area contributed by atoms with Gasteiger partial charge in [-0.2, -0.15) is 0 Å². The van der Waals surface area contributed by atoms with Crippen LogP contribution >= 0.6 is 0 Å². The van der Waals surface area contributed by atoms with Crippen molar-refractivity contribution >= 4 is 17.8 Å². The Hall–Kier alpha value is -2.09. The summed E-state index contributed by atoms with van der Waals surface area (Å²) in [5.41, 5.74) is 7.63. The van der Waals surface area contributed by atoms with Crippen LogP contribution in [0.15, 0.2) is 30.9 Å². The second kappa shape index (κ2) is 7.65. The van der Waals surface area contributed by atoms with E-state index >= 15 is 0 Å².